The van der Waals surface area contributed by atoms with E-state index in [-0.39, 0.29) is 11.3 Å². The fourth-order valence-corrected chi connectivity index (χ4v) is 1.43. The number of methoxy groups -OCH3 is 2. The van der Waals surface area contributed by atoms with Gasteiger partial charge in [-0.3, -0.25) is 4.79 Å². The Morgan fingerprint density at radius 3 is 2.16 bits per heavy atom. The average molecular weight is 266 g/mol. The molecule has 0 bridgehead atoms. The molecule has 0 fully saturated rings. The molecule has 1 amide bonds. The first-order chi connectivity index (χ1) is 8.91. The lowest BCUT2D eigenvalue weighted by Crippen LogP contribution is -2.38. The summed E-state index contributed by atoms with van der Waals surface area (Å²) in [7, 11) is 3.10. The molecule has 0 aliphatic rings. The van der Waals surface area contributed by atoms with E-state index in [9.17, 15) is 4.79 Å². The molecule has 5 nitrogen and oxygen atoms in total. The fraction of sp³-hybridized carbons (Fsp3) is 0.500. The summed E-state index contributed by atoms with van der Waals surface area (Å²) in [6.45, 7) is 5.02. The highest BCUT2D eigenvalue weighted by Gasteiger charge is 2.17. The van der Waals surface area contributed by atoms with Gasteiger partial charge in [-0.15, -0.1) is 0 Å². The van der Waals surface area contributed by atoms with Crippen LogP contribution < -0.4 is 20.5 Å². The Labute approximate surface area is 114 Å². The lowest BCUT2D eigenvalue weighted by molar-refractivity contribution is 0.0937. The molecule has 0 aliphatic carbocycles. The Balaban J connectivity index is 2.81. The van der Waals surface area contributed by atoms with Crippen molar-refractivity contribution in [2.75, 3.05) is 27.3 Å². The van der Waals surface area contributed by atoms with E-state index in [2.05, 4.69) is 5.32 Å². The van der Waals surface area contributed by atoms with Crippen LogP contribution in [0.1, 0.15) is 24.2 Å². The molecule has 0 aromatic heterocycles. The summed E-state index contributed by atoms with van der Waals surface area (Å²) in [5.74, 6) is 1.00. The van der Waals surface area contributed by atoms with Gasteiger partial charge >= 0.3 is 0 Å². The smallest absolute Gasteiger partial charge is 0.251 e. The number of carbonyl (C=O) groups is 1. The van der Waals surface area contributed by atoms with Crippen LogP contribution >= 0.6 is 0 Å². The lowest BCUT2D eigenvalue weighted by Gasteiger charge is -2.22. The number of nitrogens with one attached hydrogen (secondary N) is 1. The van der Waals surface area contributed by atoms with Crippen LogP contribution in [0.2, 0.25) is 0 Å². The summed E-state index contributed by atoms with van der Waals surface area (Å²) < 4.78 is 10.3. The van der Waals surface area contributed by atoms with Crippen LogP contribution in [0.15, 0.2) is 18.2 Å². The Kier molecular flexibility index (Phi) is 5.18. The van der Waals surface area contributed by atoms with Crippen LogP contribution in [-0.4, -0.2) is 33.2 Å². The van der Waals surface area contributed by atoms with Gasteiger partial charge < -0.3 is 20.5 Å². The van der Waals surface area contributed by atoms with Gasteiger partial charge in [-0.1, -0.05) is 13.8 Å². The first kappa shape index (κ1) is 15.3. The molecule has 0 radical (unpaired) electrons. The van der Waals surface area contributed by atoms with Crippen LogP contribution in [0.5, 0.6) is 11.5 Å². The maximum Gasteiger partial charge on any atom is 0.251 e. The minimum absolute atomic E-state index is 0.126. The van der Waals surface area contributed by atoms with Gasteiger partial charge in [-0.2, -0.15) is 0 Å². The molecule has 5 heteroatoms. The van der Waals surface area contributed by atoms with E-state index < -0.39 is 0 Å². The number of carbonyl (C=O) groups excluding carboxylic acids is 1. The Morgan fingerprint density at radius 2 is 1.74 bits per heavy atom. The molecule has 106 valence electrons. The van der Waals surface area contributed by atoms with Crippen molar-refractivity contribution in [3.63, 3.8) is 0 Å². The van der Waals surface area contributed by atoms with Crippen LogP contribution in [-0.2, 0) is 0 Å². The van der Waals surface area contributed by atoms with Gasteiger partial charge in [0.05, 0.1) is 14.2 Å². The molecule has 3 N–H and O–H groups in total. The van der Waals surface area contributed by atoms with Gasteiger partial charge in [0.15, 0.2) is 0 Å². The summed E-state index contributed by atoms with van der Waals surface area (Å²) >= 11 is 0. The van der Waals surface area contributed by atoms with E-state index in [1.807, 2.05) is 13.8 Å². The summed E-state index contributed by atoms with van der Waals surface area (Å²) in [5.41, 5.74) is 6.01. The Bertz CT molecular complexity index is 422. The van der Waals surface area contributed by atoms with Gasteiger partial charge in [0, 0.05) is 18.2 Å². The normalized spacial score (nSPS) is 11.0. The predicted octanol–water partition coefficient (Wildman–Crippen LogP) is 1.42. The van der Waals surface area contributed by atoms with E-state index in [1.54, 1.807) is 32.4 Å². The maximum absolute atomic E-state index is 12.1. The van der Waals surface area contributed by atoms with Crippen molar-refractivity contribution >= 4 is 5.91 Å². The molecule has 0 aliphatic heterocycles. The van der Waals surface area contributed by atoms with Gasteiger partial charge in [-0.05, 0) is 24.1 Å². The molecule has 0 atom stereocenters. The topological polar surface area (TPSA) is 73.6 Å². The quantitative estimate of drug-likeness (QED) is 0.816. The standard InChI is InChI=1S/C14H22N2O3/c1-14(2,8-15)9-16-13(17)10-5-11(18-3)7-12(6-10)19-4/h5-7H,8-9,15H2,1-4H3,(H,16,17). The molecule has 1 rings (SSSR count). The van der Waals surface area contributed by atoms with Gasteiger partial charge in [0.2, 0.25) is 0 Å². The Morgan fingerprint density at radius 1 is 1.21 bits per heavy atom. The predicted molar refractivity (Wildman–Crippen MR) is 74.7 cm³/mol. The van der Waals surface area contributed by atoms with E-state index >= 15 is 0 Å². The second-order valence-corrected chi connectivity index (χ2v) is 5.15. The molecule has 0 saturated carbocycles. The summed E-state index contributed by atoms with van der Waals surface area (Å²) in [6, 6.07) is 5.07. The second kappa shape index (κ2) is 6.43. The average Bonchev–Trinajstić information content (AvgIpc) is 2.44. The van der Waals surface area contributed by atoms with E-state index in [1.165, 1.54) is 0 Å². The molecule has 1 aromatic carbocycles. The number of amides is 1. The first-order valence-corrected chi connectivity index (χ1v) is 6.13. The zero-order valence-corrected chi connectivity index (χ0v) is 11.9. The SMILES string of the molecule is COc1cc(OC)cc(C(=O)NCC(C)(C)CN)c1. The molecule has 0 unspecified atom stereocenters. The molecule has 19 heavy (non-hydrogen) atoms. The van der Waals surface area contributed by atoms with Gasteiger partial charge in [0.25, 0.3) is 5.91 Å². The largest absolute Gasteiger partial charge is 0.497 e. The number of ether oxygens (including phenoxy) is 2. The number of hydrogen-bond donors (Lipinski definition) is 2. The van der Waals surface area contributed by atoms with Crippen molar-refractivity contribution in [3.8, 4) is 11.5 Å². The molecule has 1 aromatic rings. The van der Waals surface area contributed by atoms with Crippen LogP contribution in [0, 0.1) is 5.41 Å². The van der Waals surface area contributed by atoms with Crippen molar-refractivity contribution in [3.05, 3.63) is 23.8 Å². The third kappa shape index (κ3) is 4.44. The van der Waals surface area contributed by atoms with Crippen LogP contribution in [0.25, 0.3) is 0 Å². The monoisotopic (exact) mass is 266 g/mol. The fourth-order valence-electron chi connectivity index (χ4n) is 1.43. The van der Waals surface area contributed by atoms with Crippen molar-refractivity contribution in [1.29, 1.82) is 0 Å². The van der Waals surface area contributed by atoms with Crippen molar-refractivity contribution < 1.29 is 14.3 Å². The third-order valence-electron chi connectivity index (χ3n) is 2.89. The first-order valence-electron chi connectivity index (χ1n) is 6.13. The maximum atomic E-state index is 12.1. The second-order valence-electron chi connectivity index (χ2n) is 5.15. The number of nitrogens with two attached hydrogens (primary N) is 1. The third-order valence-corrected chi connectivity index (χ3v) is 2.89. The van der Waals surface area contributed by atoms with Crippen molar-refractivity contribution in [2.45, 2.75) is 13.8 Å². The highest BCUT2D eigenvalue weighted by Crippen LogP contribution is 2.22. The highest BCUT2D eigenvalue weighted by molar-refractivity contribution is 5.95. The molecular weight excluding hydrogens is 244 g/mol. The minimum atomic E-state index is -0.168. The Hall–Kier alpha value is -1.75. The van der Waals surface area contributed by atoms with Crippen LogP contribution in [0.3, 0.4) is 0 Å². The highest BCUT2D eigenvalue weighted by atomic mass is 16.5. The van der Waals surface area contributed by atoms with Crippen molar-refractivity contribution in [1.82, 2.24) is 5.32 Å². The summed E-state index contributed by atoms with van der Waals surface area (Å²) in [4.78, 5) is 12.1. The molecular formula is C14H22N2O3. The van der Waals surface area contributed by atoms with Crippen molar-refractivity contribution in [2.24, 2.45) is 11.1 Å². The minimum Gasteiger partial charge on any atom is -0.497 e. The molecule has 0 spiro atoms. The lowest BCUT2D eigenvalue weighted by atomic mass is 9.94. The van der Waals surface area contributed by atoms with E-state index in [0.29, 0.717) is 30.2 Å². The van der Waals surface area contributed by atoms with Gasteiger partial charge in [0.1, 0.15) is 11.5 Å². The zero-order chi connectivity index (χ0) is 14.5. The summed E-state index contributed by atoms with van der Waals surface area (Å²) in [6.07, 6.45) is 0. The summed E-state index contributed by atoms with van der Waals surface area (Å²) in [5, 5.41) is 2.86. The zero-order valence-electron chi connectivity index (χ0n) is 11.9. The van der Waals surface area contributed by atoms with Crippen LogP contribution in [0.4, 0.5) is 0 Å². The number of benzene rings is 1. The van der Waals surface area contributed by atoms with E-state index in [0.717, 1.165) is 0 Å². The molecule has 0 heterocycles. The molecule has 0 saturated heterocycles. The van der Waals surface area contributed by atoms with E-state index in [4.69, 9.17) is 15.2 Å². The number of hydrogen-bond acceptors (Lipinski definition) is 4. The van der Waals surface area contributed by atoms with Gasteiger partial charge in [-0.25, -0.2) is 0 Å². The number of rotatable bonds is 6.